The largest absolute Gasteiger partial charge is 0.497 e. The summed E-state index contributed by atoms with van der Waals surface area (Å²) in [6.45, 7) is 0.484. The SMILES string of the molecule is COc1ccc(OCc2ccc(NO)cc2)cc1. The lowest BCUT2D eigenvalue weighted by molar-refractivity contribution is 0.305. The molecular formula is C14H15NO3. The van der Waals surface area contributed by atoms with E-state index in [4.69, 9.17) is 14.7 Å². The number of methoxy groups -OCH3 is 1. The summed E-state index contributed by atoms with van der Waals surface area (Å²) >= 11 is 0. The molecule has 0 saturated heterocycles. The molecule has 0 radical (unpaired) electrons. The second-order valence-corrected chi connectivity index (χ2v) is 3.77. The second kappa shape index (κ2) is 5.93. The highest BCUT2D eigenvalue weighted by Gasteiger charge is 1.97. The molecule has 2 N–H and O–H groups in total. The van der Waals surface area contributed by atoms with E-state index in [1.807, 2.05) is 36.4 Å². The van der Waals surface area contributed by atoms with Crippen molar-refractivity contribution in [3.05, 3.63) is 54.1 Å². The molecule has 18 heavy (non-hydrogen) atoms. The van der Waals surface area contributed by atoms with Gasteiger partial charge >= 0.3 is 0 Å². The Labute approximate surface area is 106 Å². The smallest absolute Gasteiger partial charge is 0.120 e. The first-order valence-electron chi connectivity index (χ1n) is 5.58. The lowest BCUT2D eigenvalue weighted by atomic mass is 10.2. The van der Waals surface area contributed by atoms with Crippen LogP contribution >= 0.6 is 0 Å². The van der Waals surface area contributed by atoms with E-state index in [1.54, 1.807) is 19.2 Å². The van der Waals surface area contributed by atoms with Gasteiger partial charge in [0.1, 0.15) is 18.1 Å². The first-order chi connectivity index (χ1) is 8.81. The Bertz CT molecular complexity index is 432. The Hall–Kier alpha value is -2.20. The van der Waals surface area contributed by atoms with E-state index >= 15 is 0 Å². The van der Waals surface area contributed by atoms with Crippen molar-refractivity contribution in [2.24, 2.45) is 0 Å². The maximum atomic E-state index is 8.69. The van der Waals surface area contributed by atoms with Gasteiger partial charge in [0.05, 0.1) is 12.8 Å². The zero-order valence-electron chi connectivity index (χ0n) is 10.1. The summed E-state index contributed by atoms with van der Waals surface area (Å²) in [5, 5.41) is 8.69. The number of hydrogen-bond acceptors (Lipinski definition) is 4. The highest BCUT2D eigenvalue weighted by atomic mass is 16.5. The van der Waals surface area contributed by atoms with Gasteiger partial charge in [0.25, 0.3) is 0 Å². The minimum absolute atomic E-state index is 0.484. The average Bonchev–Trinajstić information content (AvgIpc) is 2.46. The normalized spacial score (nSPS) is 9.89. The van der Waals surface area contributed by atoms with Crippen LogP contribution in [-0.4, -0.2) is 12.3 Å². The zero-order chi connectivity index (χ0) is 12.8. The minimum Gasteiger partial charge on any atom is -0.497 e. The van der Waals surface area contributed by atoms with Crippen LogP contribution in [0.5, 0.6) is 11.5 Å². The van der Waals surface area contributed by atoms with Gasteiger partial charge in [0.2, 0.25) is 0 Å². The van der Waals surface area contributed by atoms with Crippen molar-refractivity contribution in [1.29, 1.82) is 0 Å². The number of hydrogen-bond donors (Lipinski definition) is 2. The predicted octanol–water partition coefficient (Wildman–Crippen LogP) is 3.08. The maximum Gasteiger partial charge on any atom is 0.120 e. The fraction of sp³-hybridized carbons (Fsp3) is 0.143. The molecule has 4 nitrogen and oxygen atoms in total. The molecule has 4 heteroatoms. The summed E-state index contributed by atoms with van der Waals surface area (Å²) in [7, 11) is 1.63. The summed E-state index contributed by atoms with van der Waals surface area (Å²) in [4.78, 5) is 0. The molecule has 2 aromatic carbocycles. The molecule has 0 bridgehead atoms. The van der Waals surface area contributed by atoms with Gasteiger partial charge < -0.3 is 9.47 Å². The second-order valence-electron chi connectivity index (χ2n) is 3.77. The van der Waals surface area contributed by atoms with Gasteiger partial charge in [-0.1, -0.05) is 12.1 Å². The first kappa shape index (κ1) is 12.3. The van der Waals surface area contributed by atoms with Gasteiger partial charge in [0.15, 0.2) is 0 Å². The maximum absolute atomic E-state index is 8.69. The summed E-state index contributed by atoms with van der Waals surface area (Å²) in [5.41, 5.74) is 3.77. The third-order valence-electron chi connectivity index (χ3n) is 2.55. The molecule has 0 fully saturated rings. The molecule has 0 aliphatic heterocycles. The molecule has 0 aliphatic rings. The molecule has 0 aromatic heterocycles. The minimum atomic E-state index is 0.484. The highest BCUT2D eigenvalue weighted by Crippen LogP contribution is 2.18. The van der Waals surface area contributed by atoms with Gasteiger partial charge in [-0.25, -0.2) is 0 Å². The quantitative estimate of drug-likeness (QED) is 0.795. The Kier molecular flexibility index (Phi) is 4.04. The average molecular weight is 245 g/mol. The third kappa shape index (κ3) is 3.15. The molecule has 0 aliphatic carbocycles. The molecule has 0 atom stereocenters. The predicted molar refractivity (Wildman–Crippen MR) is 69.2 cm³/mol. The molecule has 2 aromatic rings. The molecule has 0 heterocycles. The van der Waals surface area contributed by atoms with Crippen LogP contribution in [-0.2, 0) is 6.61 Å². The van der Waals surface area contributed by atoms with Crippen LogP contribution in [0.15, 0.2) is 48.5 Å². The number of anilines is 1. The van der Waals surface area contributed by atoms with Gasteiger partial charge in [-0.3, -0.25) is 10.7 Å². The molecule has 0 spiro atoms. The third-order valence-corrected chi connectivity index (χ3v) is 2.55. The van der Waals surface area contributed by atoms with E-state index in [2.05, 4.69) is 5.48 Å². The van der Waals surface area contributed by atoms with Crippen molar-refractivity contribution in [1.82, 2.24) is 0 Å². The zero-order valence-corrected chi connectivity index (χ0v) is 10.1. The van der Waals surface area contributed by atoms with E-state index in [-0.39, 0.29) is 0 Å². The van der Waals surface area contributed by atoms with Crippen LogP contribution in [0.2, 0.25) is 0 Å². The van der Waals surface area contributed by atoms with Crippen molar-refractivity contribution < 1.29 is 14.7 Å². The van der Waals surface area contributed by atoms with Gasteiger partial charge in [0, 0.05) is 0 Å². The van der Waals surface area contributed by atoms with Gasteiger partial charge in [-0.05, 0) is 42.0 Å². The van der Waals surface area contributed by atoms with Gasteiger partial charge in [-0.2, -0.15) is 0 Å². The standard InChI is InChI=1S/C14H15NO3/c1-17-13-6-8-14(9-7-13)18-10-11-2-4-12(15-16)5-3-11/h2-9,15-16H,10H2,1H3. The van der Waals surface area contributed by atoms with Crippen LogP contribution in [0.4, 0.5) is 5.69 Å². The molecular weight excluding hydrogens is 230 g/mol. The van der Waals surface area contributed by atoms with Crippen molar-refractivity contribution in [3.63, 3.8) is 0 Å². The highest BCUT2D eigenvalue weighted by molar-refractivity contribution is 5.42. The van der Waals surface area contributed by atoms with Crippen LogP contribution in [0.25, 0.3) is 0 Å². The van der Waals surface area contributed by atoms with E-state index in [0.717, 1.165) is 17.1 Å². The molecule has 94 valence electrons. The van der Waals surface area contributed by atoms with Crippen LogP contribution in [0, 0.1) is 0 Å². The summed E-state index contributed by atoms with van der Waals surface area (Å²) < 4.78 is 10.7. The van der Waals surface area contributed by atoms with Crippen LogP contribution in [0.3, 0.4) is 0 Å². The molecule has 0 unspecified atom stereocenters. The number of nitrogens with one attached hydrogen (secondary N) is 1. The fourth-order valence-electron chi connectivity index (χ4n) is 1.51. The van der Waals surface area contributed by atoms with E-state index in [9.17, 15) is 0 Å². The Morgan fingerprint density at radius 2 is 1.56 bits per heavy atom. The molecule has 2 rings (SSSR count). The van der Waals surface area contributed by atoms with Crippen molar-refractivity contribution >= 4 is 5.69 Å². The van der Waals surface area contributed by atoms with Gasteiger partial charge in [-0.15, -0.1) is 0 Å². The number of benzene rings is 2. The van der Waals surface area contributed by atoms with E-state index in [0.29, 0.717) is 12.3 Å². The lowest BCUT2D eigenvalue weighted by Gasteiger charge is -2.07. The van der Waals surface area contributed by atoms with Crippen LogP contribution in [0.1, 0.15) is 5.56 Å². The van der Waals surface area contributed by atoms with Crippen molar-refractivity contribution in [3.8, 4) is 11.5 Å². The Balaban J connectivity index is 1.93. The lowest BCUT2D eigenvalue weighted by Crippen LogP contribution is -1.96. The van der Waals surface area contributed by atoms with Crippen LogP contribution < -0.4 is 15.0 Å². The van der Waals surface area contributed by atoms with E-state index < -0.39 is 0 Å². The van der Waals surface area contributed by atoms with E-state index in [1.165, 1.54) is 0 Å². The first-order valence-corrected chi connectivity index (χ1v) is 5.58. The Morgan fingerprint density at radius 3 is 2.11 bits per heavy atom. The van der Waals surface area contributed by atoms with Crippen molar-refractivity contribution in [2.75, 3.05) is 12.6 Å². The molecule has 0 saturated carbocycles. The summed E-state index contributed by atoms with van der Waals surface area (Å²) in [5.74, 6) is 1.60. The topological polar surface area (TPSA) is 50.7 Å². The number of rotatable bonds is 5. The Morgan fingerprint density at radius 1 is 0.944 bits per heavy atom. The van der Waals surface area contributed by atoms with Crippen molar-refractivity contribution in [2.45, 2.75) is 6.61 Å². The summed E-state index contributed by atoms with van der Waals surface area (Å²) in [6.07, 6.45) is 0. The summed E-state index contributed by atoms with van der Waals surface area (Å²) in [6, 6.07) is 14.8. The fourth-order valence-corrected chi connectivity index (χ4v) is 1.51. The molecule has 0 amide bonds. The number of ether oxygens (including phenoxy) is 2. The monoisotopic (exact) mass is 245 g/mol.